The van der Waals surface area contributed by atoms with E-state index in [1.54, 1.807) is 23.1 Å². The highest BCUT2D eigenvalue weighted by atomic mass is 35.5. The molecular formula is C36H39ClN8O3. The van der Waals surface area contributed by atoms with Gasteiger partial charge in [0, 0.05) is 43.3 Å². The maximum atomic E-state index is 14.3. The Morgan fingerprint density at radius 2 is 1.73 bits per heavy atom. The van der Waals surface area contributed by atoms with Crippen LogP contribution in [0.1, 0.15) is 35.6 Å². The Morgan fingerprint density at radius 3 is 2.48 bits per heavy atom. The summed E-state index contributed by atoms with van der Waals surface area (Å²) in [7, 11) is 0. The number of rotatable bonds is 9. The number of para-hydroxylation sites is 1. The molecule has 7 rings (SSSR count). The third-order valence-corrected chi connectivity index (χ3v) is 10.1. The highest BCUT2D eigenvalue weighted by Gasteiger charge is 2.54. The van der Waals surface area contributed by atoms with Crippen LogP contribution in [0.3, 0.4) is 0 Å². The van der Waals surface area contributed by atoms with E-state index in [1.807, 2.05) is 70.5 Å². The van der Waals surface area contributed by atoms with Crippen molar-refractivity contribution in [3.05, 3.63) is 113 Å². The lowest BCUT2D eigenvalue weighted by atomic mass is 9.85. The van der Waals surface area contributed by atoms with Crippen LogP contribution in [0.25, 0.3) is 0 Å². The summed E-state index contributed by atoms with van der Waals surface area (Å²) in [5, 5.41) is 11.2. The molecule has 3 aromatic carbocycles. The number of fused-ring (bicyclic) bond motifs is 1. The minimum Gasteiger partial charge on any atom is -0.342 e. The molecular weight excluding hydrogens is 628 g/mol. The molecule has 3 aliphatic heterocycles. The molecule has 12 heteroatoms. The molecule has 248 valence electrons. The van der Waals surface area contributed by atoms with Crippen molar-refractivity contribution in [3.8, 4) is 0 Å². The first kappa shape index (κ1) is 31.8. The number of benzene rings is 3. The fourth-order valence-electron chi connectivity index (χ4n) is 7.31. The van der Waals surface area contributed by atoms with Gasteiger partial charge in [-0.15, -0.1) is 0 Å². The average molecular weight is 667 g/mol. The van der Waals surface area contributed by atoms with Crippen LogP contribution in [0.15, 0.2) is 91.5 Å². The van der Waals surface area contributed by atoms with Crippen molar-refractivity contribution in [2.24, 2.45) is 0 Å². The van der Waals surface area contributed by atoms with Gasteiger partial charge < -0.3 is 25.3 Å². The van der Waals surface area contributed by atoms with Crippen LogP contribution in [0.4, 0.5) is 5.69 Å². The summed E-state index contributed by atoms with van der Waals surface area (Å²) >= 11 is 6.15. The molecule has 3 amide bonds. The van der Waals surface area contributed by atoms with Gasteiger partial charge >= 0.3 is 0 Å². The Hall–Kier alpha value is -4.74. The van der Waals surface area contributed by atoms with Gasteiger partial charge in [-0.1, -0.05) is 66.2 Å². The number of aromatic nitrogens is 3. The van der Waals surface area contributed by atoms with E-state index in [1.165, 1.54) is 6.33 Å². The number of halogens is 1. The molecule has 2 saturated heterocycles. The molecule has 2 atom stereocenters. The first-order valence-corrected chi connectivity index (χ1v) is 16.9. The van der Waals surface area contributed by atoms with E-state index >= 15 is 0 Å². The summed E-state index contributed by atoms with van der Waals surface area (Å²) in [6, 6.07) is 24.0. The number of carbonyl (C=O) groups excluding carboxylic acids is 3. The van der Waals surface area contributed by atoms with Gasteiger partial charge in [-0.3, -0.25) is 19.1 Å². The van der Waals surface area contributed by atoms with Gasteiger partial charge in [0.25, 0.3) is 0 Å². The van der Waals surface area contributed by atoms with Gasteiger partial charge in [-0.05, 0) is 60.2 Å². The summed E-state index contributed by atoms with van der Waals surface area (Å²) < 4.78 is 1.73. The maximum absolute atomic E-state index is 14.3. The minimum absolute atomic E-state index is 0.0617. The summed E-state index contributed by atoms with van der Waals surface area (Å²) in [5.41, 5.74) is 3.17. The zero-order valence-electron chi connectivity index (χ0n) is 26.7. The third kappa shape index (κ3) is 6.40. The fourth-order valence-corrected chi connectivity index (χ4v) is 7.44. The second-order valence-electron chi connectivity index (χ2n) is 12.7. The van der Waals surface area contributed by atoms with Crippen LogP contribution < -0.4 is 15.5 Å². The Labute approximate surface area is 284 Å². The first-order chi connectivity index (χ1) is 23.4. The monoisotopic (exact) mass is 666 g/mol. The molecule has 0 bridgehead atoms. The van der Waals surface area contributed by atoms with Crippen LogP contribution in [0.2, 0.25) is 5.02 Å². The standard InChI is InChI=1S/C36H39ClN8O3/c37-28-12-10-26(11-13-28)22-31(41-33(46)32-30-9-5-4-6-27(30)14-17-39-32)34(47)42-18-15-36(16-19-42)35(48)43(20-21-44-24-38-23-40-44)25-45(36)29-7-2-1-3-8-29/h1-13,23-24,31-32,39H,14-22,25H2,(H,41,46)/t31-,32?/m1/s1. The smallest absolute Gasteiger partial charge is 0.250 e. The van der Waals surface area contributed by atoms with E-state index < -0.39 is 17.6 Å². The van der Waals surface area contributed by atoms with Crippen LogP contribution >= 0.6 is 11.6 Å². The number of likely N-dealkylation sites (tertiary alicyclic amines) is 1. The van der Waals surface area contributed by atoms with Gasteiger partial charge in [0.15, 0.2) is 0 Å². The molecule has 2 N–H and O–H groups in total. The molecule has 1 aromatic heterocycles. The normalized spacial score (nSPS) is 19.3. The average Bonchev–Trinajstić information content (AvgIpc) is 3.74. The molecule has 0 saturated carbocycles. The van der Waals surface area contributed by atoms with Crippen molar-refractivity contribution < 1.29 is 14.4 Å². The highest BCUT2D eigenvalue weighted by Crippen LogP contribution is 2.39. The molecule has 2 fully saturated rings. The SMILES string of the molecule is O=C(N[C@H](Cc1ccc(Cl)cc1)C(=O)N1CCC2(CC1)C(=O)N(CCn1cncn1)CN2c1ccccc1)C1NCCc2ccccc21. The minimum atomic E-state index is -0.785. The zero-order valence-corrected chi connectivity index (χ0v) is 27.4. The molecule has 11 nitrogen and oxygen atoms in total. The lowest BCUT2D eigenvalue weighted by Gasteiger charge is -2.44. The van der Waals surface area contributed by atoms with Crippen molar-refractivity contribution in [1.82, 2.24) is 35.2 Å². The predicted octanol–water partition coefficient (Wildman–Crippen LogP) is 3.21. The largest absolute Gasteiger partial charge is 0.342 e. The summed E-state index contributed by atoms with van der Waals surface area (Å²) in [4.78, 5) is 52.2. The number of nitrogens with one attached hydrogen (secondary N) is 2. The molecule has 0 radical (unpaired) electrons. The first-order valence-electron chi connectivity index (χ1n) is 16.5. The fraction of sp³-hybridized carbons (Fsp3) is 0.361. The van der Waals surface area contributed by atoms with Crippen molar-refractivity contribution in [3.63, 3.8) is 0 Å². The Morgan fingerprint density at radius 1 is 0.979 bits per heavy atom. The van der Waals surface area contributed by atoms with Gasteiger partial charge in [0.2, 0.25) is 17.7 Å². The van der Waals surface area contributed by atoms with Crippen LogP contribution in [-0.4, -0.2) is 86.7 Å². The number of nitrogens with zero attached hydrogens (tertiary/aromatic N) is 6. The van der Waals surface area contributed by atoms with Gasteiger partial charge in [-0.25, -0.2) is 4.98 Å². The summed E-state index contributed by atoms with van der Waals surface area (Å²) in [6.07, 6.45) is 5.26. The third-order valence-electron chi connectivity index (χ3n) is 9.89. The predicted molar refractivity (Wildman–Crippen MR) is 182 cm³/mol. The molecule has 48 heavy (non-hydrogen) atoms. The number of hydrogen-bond donors (Lipinski definition) is 2. The van der Waals surface area contributed by atoms with E-state index in [9.17, 15) is 14.4 Å². The van der Waals surface area contributed by atoms with Gasteiger partial charge in [-0.2, -0.15) is 5.10 Å². The number of amides is 3. The topological polar surface area (TPSA) is 116 Å². The Kier molecular flexibility index (Phi) is 9.14. The molecule has 1 spiro atoms. The number of hydrogen-bond acceptors (Lipinski definition) is 7. The molecule has 3 aliphatic rings. The second kappa shape index (κ2) is 13.8. The quantitative estimate of drug-likeness (QED) is 0.282. The number of anilines is 1. The van der Waals surface area contributed by atoms with Crippen LogP contribution in [-0.2, 0) is 33.8 Å². The van der Waals surface area contributed by atoms with E-state index in [4.69, 9.17) is 11.6 Å². The van der Waals surface area contributed by atoms with Crippen LogP contribution in [0, 0.1) is 0 Å². The molecule has 0 aliphatic carbocycles. The second-order valence-corrected chi connectivity index (χ2v) is 13.2. The van der Waals surface area contributed by atoms with E-state index in [-0.39, 0.29) is 17.7 Å². The molecule has 4 aromatic rings. The Bertz CT molecular complexity index is 1740. The number of piperidine rings is 1. The van der Waals surface area contributed by atoms with E-state index in [0.717, 1.165) is 28.8 Å². The lowest BCUT2D eigenvalue weighted by Crippen LogP contribution is -2.60. The van der Waals surface area contributed by atoms with Crippen LogP contribution in [0.5, 0.6) is 0 Å². The van der Waals surface area contributed by atoms with E-state index in [0.29, 0.717) is 63.7 Å². The van der Waals surface area contributed by atoms with Crippen molar-refractivity contribution in [1.29, 1.82) is 0 Å². The zero-order chi connectivity index (χ0) is 33.1. The number of carbonyl (C=O) groups is 3. The van der Waals surface area contributed by atoms with Crippen molar-refractivity contribution in [2.45, 2.75) is 49.9 Å². The lowest BCUT2D eigenvalue weighted by molar-refractivity contribution is -0.141. The van der Waals surface area contributed by atoms with Crippen molar-refractivity contribution in [2.75, 3.05) is 37.7 Å². The summed E-state index contributed by atoms with van der Waals surface area (Å²) in [6.45, 7) is 2.97. The van der Waals surface area contributed by atoms with Crippen molar-refractivity contribution >= 4 is 35.0 Å². The maximum Gasteiger partial charge on any atom is 0.250 e. The van der Waals surface area contributed by atoms with Gasteiger partial charge in [0.1, 0.15) is 30.3 Å². The molecule has 4 heterocycles. The van der Waals surface area contributed by atoms with E-state index in [2.05, 4.69) is 31.7 Å². The highest BCUT2D eigenvalue weighted by molar-refractivity contribution is 6.30. The summed E-state index contributed by atoms with van der Waals surface area (Å²) in [5.74, 6) is -0.323. The van der Waals surface area contributed by atoms with Gasteiger partial charge in [0.05, 0.1) is 13.2 Å². The molecule has 1 unspecified atom stereocenters. The Balaban J connectivity index is 1.10.